The number of nitro benzene ring substituents is 1. The molecule has 1 aromatic rings. The lowest BCUT2D eigenvalue weighted by atomic mass is 9.99. The molecule has 0 amide bonds. The van der Waals surface area contributed by atoms with Crippen LogP contribution in [0.5, 0.6) is 0 Å². The first-order chi connectivity index (χ1) is 8.58. The fraction of sp³-hybridized carbons (Fsp3) is 0.538. The molecule has 1 aromatic carbocycles. The predicted molar refractivity (Wildman–Crippen MR) is 68.2 cm³/mol. The zero-order valence-corrected chi connectivity index (χ0v) is 10.6. The standard InChI is InChI=1S/C13H18N2O3/c1-9(2)12-7-8-18-13(14-12)10-3-5-11(6-4-10)15(16)17/h3-6,9,12-14H,7-8H2,1-2H3/t12-,13+/m1/s1. The minimum atomic E-state index is -0.393. The fourth-order valence-electron chi connectivity index (χ4n) is 2.13. The Hall–Kier alpha value is -1.46. The molecule has 1 N–H and O–H groups in total. The molecular weight excluding hydrogens is 232 g/mol. The number of nitrogens with one attached hydrogen (secondary N) is 1. The molecule has 0 unspecified atom stereocenters. The minimum absolute atomic E-state index is 0.106. The van der Waals surface area contributed by atoms with Crippen molar-refractivity contribution in [3.8, 4) is 0 Å². The zero-order valence-electron chi connectivity index (χ0n) is 10.6. The summed E-state index contributed by atoms with van der Waals surface area (Å²) in [4.78, 5) is 10.2. The van der Waals surface area contributed by atoms with Crippen LogP contribution in [0.4, 0.5) is 5.69 Å². The number of nitrogens with zero attached hydrogens (tertiary/aromatic N) is 1. The van der Waals surface area contributed by atoms with Gasteiger partial charge in [-0.25, -0.2) is 0 Å². The molecule has 0 spiro atoms. The molecule has 2 atom stereocenters. The van der Waals surface area contributed by atoms with Gasteiger partial charge in [-0.1, -0.05) is 13.8 Å². The van der Waals surface area contributed by atoms with E-state index in [2.05, 4.69) is 19.2 Å². The molecule has 1 saturated heterocycles. The highest BCUT2D eigenvalue weighted by molar-refractivity contribution is 5.33. The van der Waals surface area contributed by atoms with E-state index in [1.165, 1.54) is 12.1 Å². The van der Waals surface area contributed by atoms with Crippen LogP contribution in [-0.2, 0) is 4.74 Å². The van der Waals surface area contributed by atoms with Crippen LogP contribution in [0.15, 0.2) is 24.3 Å². The Morgan fingerprint density at radius 2 is 2.06 bits per heavy atom. The summed E-state index contributed by atoms with van der Waals surface area (Å²) < 4.78 is 5.66. The maximum Gasteiger partial charge on any atom is 0.269 e. The summed E-state index contributed by atoms with van der Waals surface area (Å²) >= 11 is 0. The first-order valence-electron chi connectivity index (χ1n) is 6.20. The van der Waals surface area contributed by atoms with Gasteiger partial charge in [0.05, 0.1) is 11.5 Å². The first kappa shape index (κ1) is 13.0. The molecule has 2 rings (SSSR count). The minimum Gasteiger partial charge on any atom is -0.359 e. The van der Waals surface area contributed by atoms with Crippen molar-refractivity contribution >= 4 is 5.69 Å². The van der Waals surface area contributed by atoms with Gasteiger partial charge < -0.3 is 4.74 Å². The zero-order chi connectivity index (χ0) is 13.1. The number of rotatable bonds is 3. The molecule has 1 aliphatic heterocycles. The van der Waals surface area contributed by atoms with Crippen molar-refractivity contribution in [3.05, 3.63) is 39.9 Å². The van der Waals surface area contributed by atoms with Crippen LogP contribution in [0.2, 0.25) is 0 Å². The van der Waals surface area contributed by atoms with Gasteiger partial charge in [0, 0.05) is 18.2 Å². The van der Waals surface area contributed by atoms with Crippen molar-refractivity contribution in [2.75, 3.05) is 6.61 Å². The Labute approximate surface area is 106 Å². The van der Waals surface area contributed by atoms with Gasteiger partial charge >= 0.3 is 0 Å². The smallest absolute Gasteiger partial charge is 0.269 e. The topological polar surface area (TPSA) is 64.4 Å². The number of non-ortho nitro benzene ring substituents is 1. The summed E-state index contributed by atoms with van der Waals surface area (Å²) in [6.07, 6.45) is 0.841. The second-order valence-electron chi connectivity index (χ2n) is 4.91. The molecule has 0 aromatic heterocycles. The van der Waals surface area contributed by atoms with Gasteiger partial charge in [-0.2, -0.15) is 0 Å². The van der Waals surface area contributed by atoms with E-state index >= 15 is 0 Å². The molecule has 0 radical (unpaired) electrons. The molecule has 5 nitrogen and oxygen atoms in total. The summed E-state index contributed by atoms with van der Waals surface area (Å²) in [6.45, 7) is 5.07. The Morgan fingerprint density at radius 3 is 2.61 bits per heavy atom. The van der Waals surface area contributed by atoms with Crippen molar-refractivity contribution in [2.45, 2.75) is 32.5 Å². The maximum atomic E-state index is 10.6. The van der Waals surface area contributed by atoms with Gasteiger partial charge in [0.15, 0.2) is 0 Å². The van der Waals surface area contributed by atoms with Crippen molar-refractivity contribution < 1.29 is 9.66 Å². The fourth-order valence-corrected chi connectivity index (χ4v) is 2.13. The Bertz CT molecular complexity index is 417. The molecular formula is C13H18N2O3. The van der Waals surface area contributed by atoms with E-state index in [9.17, 15) is 10.1 Å². The highest BCUT2D eigenvalue weighted by Gasteiger charge is 2.24. The van der Waals surface area contributed by atoms with Crippen LogP contribution in [0.1, 0.15) is 32.1 Å². The third-order valence-electron chi connectivity index (χ3n) is 3.29. The average molecular weight is 250 g/mol. The van der Waals surface area contributed by atoms with Crippen LogP contribution in [0.25, 0.3) is 0 Å². The van der Waals surface area contributed by atoms with E-state index in [0.717, 1.165) is 18.6 Å². The van der Waals surface area contributed by atoms with Crippen LogP contribution in [0, 0.1) is 16.0 Å². The van der Waals surface area contributed by atoms with Gasteiger partial charge in [0.25, 0.3) is 5.69 Å². The highest BCUT2D eigenvalue weighted by Crippen LogP contribution is 2.24. The van der Waals surface area contributed by atoms with E-state index in [1.807, 2.05) is 0 Å². The third kappa shape index (κ3) is 2.86. The summed E-state index contributed by atoms with van der Waals surface area (Å²) in [5.74, 6) is 0.550. The molecule has 1 heterocycles. The van der Waals surface area contributed by atoms with Gasteiger partial charge in [-0.3, -0.25) is 15.4 Å². The Kier molecular flexibility index (Phi) is 3.93. The lowest BCUT2D eigenvalue weighted by Crippen LogP contribution is -2.43. The third-order valence-corrected chi connectivity index (χ3v) is 3.29. The first-order valence-corrected chi connectivity index (χ1v) is 6.20. The molecule has 98 valence electrons. The van der Waals surface area contributed by atoms with Gasteiger partial charge in [-0.05, 0) is 30.0 Å². The molecule has 0 aliphatic carbocycles. The largest absolute Gasteiger partial charge is 0.359 e. The maximum absolute atomic E-state index is 10.6. The van der Waals surface area contributed by atoms with E-state index in [4.69, 9.17) is 4.74 Å². The van der Waals surface area contributed by atoms with E-state index < -0.39 is 4.92 Å². The summed E-state index contributed by atoms with van der Waals surface area (Å²) in [5, 5.41) is 14.0. The van der Waals surface area contributed by atoms with Crippen LogP contribution >= 0.6 is 0 Å². The van der Waals surface area contributed by atoms with Crippen LogP contribution < -0.4 is 5.32 Å². The van der Waals surface area contributed by atoms with Crippen molar-refractivity contribution in [3.63, 3.8) is 0 Å². The SMILES string of the molecule is CC(C)[C@H]1CCO[C@@H](c2ccc([N+](=O)[O-])cc2)N1. The lowest BCUT2D eigenvalue weighted by Gasteiger charge is -2.33. The van der Waals surface area contributed by atoms with Crippen LogP contribution in [-0.4, -0.2) is 17.6 Å². The summed E-state index contributed by atoms with van der Waals surface area (Å²) in [6, 6.07) is 6.95. The van der Waals surface area contributed by atoms with Crippen molar-refractivity contribution in [1.29, 1.82) is 0 Å². The molecule has 1 aliphatic rings. The molecule has 0 bridgehead atoms. The lowest BCUT2D eigenvalue weighted by molar-refractivity contribution is -0.384. The quantitative estimate of drug-likeness (QED) is 0.661. The Morgan fingerprint density at radius 1 is 1.39 bits per heavy atom. The number of hydrogen-bond acceptors (Lipinski definition) is 4. The summed E-state index contributed by atoms with van der Waals surface area (Å²) in [7, 11) is 0. The molecule has 0 saturated carbocycles. The molecule has 1 fully saturated rings. The predicted octanol–water partition coefficient (Wildman–Crippen LogP) is 2.63. The van der Waals surface area contributed by atoms with E-state index in [0.29, 0.717) is 12.0 Å². The number of hydrogen-bond donors (Lipinski definition) is 1. The van der Waals surface area contributed by atoms with E-state index in [1.54, 1.807) is 12.1 Å². The monoisotopic (exact) mass is 250 g/mol. The van der Waals surface area contributed by atoms with Gasteiger partial charge in [-0.15, -0.1) is 0 Å². The molecule has 5 heteroatoms. The van der Waals surface area contributed by atoms with Crippen molar-refractivity contribution in [2.24, 2.45) is 5.92 Å². The normalized spacial score (nSPS) is 24.2. The van der Waals surface area contributed by atoms with E-state index in [-0.39, 0.29) is 11.9 Å². The van der Waals surface area contributed by atoms with Crippen LogP contribution in [0.3, 0.4) is 0 Å². The second-order valence-corrected chi connectivity index (χ2v) is 4.91. The number of ether oxygens (including phenoxy) is 1. The van der Waals surface area contributed by atoms with Crippen molar-refractivity contribution in [1.82, 2.24) is 5.32 Å². The Balaban J connectivity index is 2.09. The van der Waals surface area contributed by atoms with Gasteiger partial charge in [0.1, 0.15) is 6.23 Å². The number of benzene rings is 1. The number of nitro groups is 1. The second kappa shape index (κ2) is 5.46. The average Bonchev–Trinajstić information content (AvgIpc) is 2.39. The highest BCUT2D eigenvalue weighted by atomic mass is 16.6. The van der Waals surface area contributed by atoms with Gasteiger partial charge in [0.2, 0.25) is 0 Å². The summed E-state index contributed by atoms with van der Waals surface area (Å²) in [5.41, 5.74) is 1.04. The molecule has 18 heavy (non-hydrogen) atoms.